The minimum Gasteiger partial charge on any atom is -0.465 e. The molecule has 1 aromatic heterocycles. The van der Waals surface area contributed by atoms with Crippen molar-refractivity contribution in [3.05, 3.63) is 15.8 Å². The van der Waals surface area contributed by atoms with Crippen LogP contribution in [0.4, 0.5) is 5.69 Å². The quantitative estimate of drug-likeness (QED) is 0.678. The highest BCUT2D eigenvalue weighted by molar-refractivity contribution is 7.15. The zero-order chi connectivity index (χ0) is 17.8. The summed E-state index contributed by atoms with van der Waals surface area (Å²) in [5.74, 6) is 5.70. The lowest BCUT2D eigenvalue weighted by molar-refractivity contribution is -0.129. The number of esters is 1. The van der Waals surface area contributed by atoms with Crippen molar-refractivity contribution in [3.8, 4) is 11.8 Å². The van der Waals surface area contributed by atoms with Gasteiger partial charge >= 0.3 is 5.97 Å². The van der Waals surface area contributed by atoms with Crippen LogP contribution in [0.15, 0.2) is 6.07 Å². The first kappa shape index (κ1) is 19.0. The molecule has 1 N–H and O–H groups in total. The van der Waals surface area contributed by atoms with E-state index in [4.69, 9.17) is 4.74 Å². The minimum absolute atomic E-state index is 0.0747. The van der Waals surface area contributed by atoms with Gasteiger partial charge in [-0.15, -0.1) is 11.3 Å². The molecule has 0 aromatic carbocycles. The summed E-state index contributed by atoms with van der Waals surface area (Å²) in [5, 5.41) is 3.07. The Bertz CT molecular complexity index is 645. The van der Waals surface area contributed by atoms with Crippen molar-refractivity contribution in [2.45, 2.75) is 33.7 Å². The molecule has 5 nitrogen and oxygen atoms in total. The molecule has 0 aliphatic carbocycles. The van der Waals surface area contributed by atoms with Gasteiger partial charge in [0.15, 0.2) is 0 Å². The van der Waals surface area contributed by atoms with Crippen LogP contribution in [0.2, 0.25) is 0 Å². The fourth-order valence-corrected chi connectivity index (χ4v) is 2.63. The van der Waals surface area contributed by atoms with Gasteiger partial charge < -0.3 is 15.0 Å². The molecule has 1 rings (SSSR count). The molecule has 0 aliphatic rings. The van der Waals surface area contributed by atoms with Crippen LogP contribution in [0, 0.1) is 17.3 Å². The van der Waals surface area contributed by atoms with Gasteiger partial charge in [-0.3, -0.25) is 4.79 Å². The molecule has 0 aliphatic heterocycles. The Hall–Kier alpha value is -2.00. The van der Waals surface area contributed by atoms with Crippen molar-refractivity contribution in [3.63, 3.8) is 0 Å². The first-order chi connectivity index (χ1) is 10.5. The number of methoxy groups -OCH3 is 1. The summed E-state index contributed by atoms with van der Waals surface area (Å²) in [4.78, 5) is 26.6. The number of anilines is 1. The van der Waals surface area contributed by atoms with Gasteiger partial charge in [0.2, 0.25) is 5.91 Å². The average molecular weight is 336 g/mol. The second kappa shape index (κ2) is 7.51. The molecule has 0 radical (unpaired) electrons. The van der Waals surface area contributed by atoms with Crippen molar-refractivity contribution < 1.29 is 14.3 Å². The zero-order valence-corrected chi connectivity index (χ0v) is 15.6. The lowest BCUT2D eigenvalue weighted by Gasteiger charge is -2.18. The number of hydrogen-bond acceptors (Lipinski definition) is 5. The summed E-state index contributed by atoms with van der Waals surface area (Å²) >= 11 is 1.26. The number of amides is 1. The summed E-state index contributed by atoms with van der Waals surface area (Å²) in [6.07, 6.45) is 0. The minimum atomic E-state index is -0.452. The summed E-state index contributed by atoms with van der Waals surface area (Å²) in [6, 6.07) is 1.33. The van der Waals surface area contributed by atoms with E-state index in [0.717, 1.165) is 4.88 Å². The molecule has 1 atom stereocenters. The average Bonchev–Trinajstić information content (AvgIpc) is 2.85. The van der Waals surface area contributed by atoms with E-state index in [1.54, 1.807) is 27.1 Å². The predicted molar refractivity (Wildman–Crippen MR) is 93.8 cm³/mol. The van der Waals surface area contributed by atoms with Crippen LogP contribution in [-0.4, -0.2) is 44.0 Å². The molecule has 126 valence electrons. The van der Waals surface area contributed by atoms with Gasteiger partial charge in [-0.1, -0.05) is 11.8 Å². The highest BCUT2D eigenvalue weighted by atomic mass is 32.1. The monoisotopic (exact) mass is 336 g/mol. The lowest BCUT2D eigenvalue weighted by Crippen LogP contribution is -2.36. The van der Waals surface area contributed by atoms with Crippen molar-refractivity contribution >= 4 is 28.9 Å². The van der Waals surface area contributed by atoms with Gasteiger partial charge in [-0.05, 0) is 33.8 Å². The number of likely N-dealkylation sites (N-methyl/N-ethyl adjacent to an activating group) is 1. The van der Waals surface area contributed by atoms with Gasteiger partial charge in [0.25, 0.3) is 0 Å². The highest BCUT2D eigenvalue weighted by Crippen LogP contribution is 2.28. The Morgan fingerprint density at radius 3 is 2.43 bits per heavy atom. The smallest absolute Gasteiger partial charge is 0.350 e. The normalized spacial score (nSPS) is 12.0. The standard InChI is InChI=1S/C17H24N2O3S/c1-11(15(20)19(5)6)18-13-10-12(8-9-17(2,3)4)23-14(13)16(21)22-7/h10-11,18H,1-7H3/t11-/m1/s1. The molecule has 1 aromatic rings. The summed E-state index contributed by atoms with van der Waals surface area (Å²) < 4.78 is 4.81. The van der Waals surface area contributed by atoms with Gasteiger partial charge in [0.1, 0.15) is 10.9 Å². The van der Waals surface area contributed by atoms with E-state index in [0.29, 0.717) is 10.6 Å². The highest BCUT2D eigenvalue weighted by Gasteiger charge is 2.21. The molecule has 0 bridgehead atoms. The van der Waals surface area contributed by atoms with Gasteiger partial charge in [0, 0.05) is 19.5 Å². The van der Waals surface area contributed by atoms with E-state index in [2.05, 4.69) is 17.2 Å². The SMILES string of the molecule is COC(=O)c1sc(C#CC(C)(C)C)cc1N[C@H](C)C(=O)N(C)C. The number of hydrogen-bond donors (Lipinski definition) is 1. The number of nitrogens with zero attached hydrogens (tertiary/aromatic N) is 1. The summed E-state index contributed by atoms with van der Waals surface area (Å²) in [6.45, 7) is 7.81. The maximum Gasteiger partial charge on any atom is 0.350 e. The third-order valence-corrected chi connectivity index (χ3v) is 3.88. The van der Waals surface area contributed by atoms with E-state index in [1.807, 2.05) is 20.8 Å². The van der Waals surface area contributed by atoms with Gasteiger partial charge in [0.05, 0.1) is 17.7 Å². The fraction of sp³-hybridized carbons (Fsp3) is 0.529. The Morgan fingerprint density at radius 2 is 1.96 bits per heavy atom. The number of carbonyl (C=O) groups excluding carboxylic acids is 2. The third-order valence-electron chi connectivity index (χ3n) is 2.85. The number of ether oxygens (including phenoxy) is 1. The zero-order valence-electron chi connectivity index (χ0n) is 14.7. The molecule has 1 heterocycles. The molecule has 0 saturated heterocycles. The van der Waals surface area contributed by atoms with Crippen LogP contribution in [-0.2, 0) is 9.53 Å². The second-order valence-electron chi connectivity index (χ2n) is 6.44. The van der Waals surface area contributed by atoms with Crippen LogP contribution < -0.4 is 5.32 Å². The molecule has 6 heteroatoms. The topological polar surface area (TPSA) is 58.6 Å². The van der Waals surface area contributed by atoms with E-state index in [-0.39, 0.29) is 11.3 Å². The number of rotatable bonds is 4. The Morgan fingerprint density at radius 1 is 1.35 bits per heavy atom. The van der Waals surface area contributed by atoms with Crippen molar-refractivity contribution in [2.24, 2.45) is 5.41 Å². The summed E-state index contributed by atoms with van der Waals surface area (Å²) in [7, 11) is 4.71. The Kier molecular flexibility index (Phi) is 6.22. The van der Waals surface area contributed by atoms with Crippen molar-refractivity contribution in [2.75, 3.05) is 26.5 Å². The second-order valence-corrected chi connectivity index (χ2v) is 7.50. The molecule has 0 saturated carbocycles. The van der Waals surface area contributed by atoms with Crippen LogP contribution in [0.25, 0.3) is 0 Å². The Labute approximate surface area is 142 Å². The number of carbonyl (C=O) groups is 2. The molecule has 0 spiro atoms. The van der Waals surface area contributed by atoms with Gasteiger partial charge in [-0.25, -0.2) is 4.79 Å². The molecule has 0 fully saturated rings. The Balaban J connectivity index is 3.13. The molecule has 23 heavy (non-hydrogen) atoms. The maximum absolute atomic E-state index is 12.0. The van der Waals surface area contributed by atoms with Crippen molar-refractivity contribution in [1.82, 2.24) is 4.90 Å². The predicted octanol–water partition coefficient (Wildman–Crippen LogP) is 2.82. The van der Waals surface area contributed by atoms with Crippen LogP contribution in [0.1, 0.15) is 42.2 Å². The van der Waals surface area contributed by atoms with E-state index in [1.165, 1.54) is 23.3 Å². The lowest BCUT2D eigenvalue weighted by atomic mass is 9.98. The summed E-state index contributed by atoms with van der Waals surface area (Å²) in [5.41, 5.74) is 0.444. The van der Waals surface area contributed by atoms with Crippen LogP contribution in [0.3, 0.4) is 0 Å². The van der Waals surface area contributed by atoms with Gasteiger partial charge in [-0.2, -0.15) is 0 Å². The third kappa shape index (κ3) is 5.61. The van der Waals surface area contributed by atoms with Crippen LogP contribution in [0.5, 0.6) is 0 Å². The van der Waals surface area contributed by atoms with E-state index in [9.17, 15) is 9.59 Å². The maximum atomic E-state index is 12.0. The number of nitrogens with one attached hydrogen (secondary N) is 1. The van der Waals surface area contributed by atoms with E-state index < -0.39 is 12.0 Å². The molecular formula is C17H24N2O3S. The fourth-order valence-electron chi connectivity index (χ4n) is 1.74. The first-order valence-corrected chi connectivity index (χ1v) is 8.10. The van der Waals surface area contributed by atoms with E-state index >= 15 is 0 Å². The van der Waals surface area contributed by atoms with Crippen LogP contribution >= 0.6 is 11.3 Å². The first-order valence-electron chi connectivity index (χ1n) is 7.28. The molecular weight excluding hydrogens is 312 g/mol. The van der Waals surface area contributed by atoms with Crippen molar-refractivity contribution in [1.29, 1.82) is 0 Å². The largest absolute Gasteiger partial charge is 0.465 e. The molecule has 0 unspecified atom stereocenters. The number of thiophene rings is 1. The molecule has 1 amide bonds.